The first-order valence-corrected chi connectivity index (χ1v) is 2.69. The Bertz CT molecular complexity index is 128. The molecule has 0 saturated carbocycles. The third-order valence-electron chi connectivity index (χ3n) is 1.04. The van der Waals surface area contributed by atoms with Gasteiger partial charge in [-0.25, -0.2) is 8.78 Å². The van der Waals surface area contributed by atoms with Crippen LogP contribution in [0.1, 0.15) is 13.8 Å². The van der Waals surface area contributed by atoms with Crippen molar-refractivity contribution in [1.82, 2.24) is 0 Å². The van der Waals surface area contributed by atoms with Crippen molar-refractivity contribution in [3.63, 3.8) is 0 Å². The van der Waals surface area contributed by atoms with Crippen LogP contribution in [0.15, 0.2) is 24.3 Å². The third kappa shape index (κ3) is 2.40. The number of allylic oxidation sites excluding steroid dienone is 3. The highest BCUT2D eigenvalue weighted by atomic mass is 19.3. The van der Waals surface area contributed by atoms with Gasteiger partial charge in [0.15, 0.2) is 0 Å². The van der Waals surface area contributed by atoms with Crippen molar-refractivity contribution in [3.8, 4) is 0 Å². The SMILES string of the molecule is C=C/C(=C\C)C(C)(F)F. The number of alkyl halides is 2. The second-order valence-corrected chi connectivity index (χ2v) is 1.84. The molecule has 0 amide bonds. The van der Waals surface area contributed by atoms with E-state index in [1.54, 1.807) is 6.92 Å². The fourth-order valence-electron chi connectivity index (χ4n) is 0.551. The fraction of sp³-hybridized carbons (Fsp3) is 0.429. The molecule has 0 aromatic rings. The quantitative estimate of drug-likeness (QED) is 0.507. The van der Waals surface area contributed by atoms with Gasteiger partial charge in [0, 0.05) is 12.5 Å². The summed E-state index contributed by atoms with van der Waals surface area (Å²) in [6.45, 7) is 5.67. The van der Waals surface area contributed by atoms with Crippen LogP contribution < -0.4 is 0 Å². The van der Waals surface area contributed by atoms with Crippen LogP contribution in [0.4, 0.5) is 8.78 Å². The van der Waals surface area contributed by atoms with E-state index in [1.807, 2.05) is 0 Å². The number of hydrogen-bond donors (Lipinski definition) is 0. The number of rotatable bonds is 2. The van der Waals surface area contributed by atoms with Crippen molar-refractivity contribution in [3.05, 3.63) is 24.3 Å². The lowest BCUT2D eigenvalue weighted by Crippen LogP contribution is -2.11. The predicted octanol–water partition coefficient (Wildman–Crippen LogP) is 2.77. The van der Waals surface area contributed by atoms with E-state index >= 15 is 0 Å². The van der Waals surface area contributed by atoms with E-state index in [0.717, 1.165) is 6.92 Å². The lowest BCUT2D eigenvalue weighted by atomic mass is 10.1. The summed E-state index contributed by atoms with van der Waals surface area (Å²) in [5.74, 6) is -2.74. The molecule has 0 atom stereocenters. The minimum atomic E-state index is -2.74. The maximum absolute atomic E-state index is 12.2. The van der Waals surface area contributed by atoms with Crippen LogP contribution in [0.5, 0.6) is 0 Å². The van der Waals surface area contributed by atoms with E-state index < -0.39 is 5.92 Å². The zero-order valence-corrected chi connectivity index (χ0v) is 5.62. The van der Waals surface area contributed by atoms with Gasteiger partial charge in [0.25, 0.3) is 5.92 Å². The minimum absolute atomic E-state index is 0.0255. The van der Waals surface area contributed by atoms with Crippen molar-refractivity contribution >= 4 is 0 Å². The van der Waals surface area contributed by atoms with Crippen LogP contribution in [0.25, 0.3) is 0 Å². The first-order chi connectivity index (χ1) is 4.02. The van der Waals surface area contributed by atoms with Gasteiger partial charge < -0.3 is 0 Å². The molecule has 0 nitrogen and oxygen atoms in total. The summed E-state index contributed by atoms with van der Waals surface area (Å²) in [7, 11) is 0. The highest BCUT2D eigenvalue weighted by molar-refractivity contribution is 5.22. The zero-order chi connectivity index (χ0) is 7.49. The predicted molar refractivity (Wildman–Crippen MR) is 34.6 cm³/mol. The van der Waals surface area contributed by atoms with Gasteiger partial charge in [0.05, 0.1) is 0 Å². The molecule has 0 spiro atoms. The molecule has 52 valence electrons. The highest BCUT2D eigenvalue weighted by Crippen LogP contribution is 2.22. The summed E-state index contributed by atoms with van der Waals surface area (Å²) < 4.78 is 24.5. The van der Waals surface area contributed by atoms with E-state index in [-0.39, 0.29) is 5.57 Å². The molecule has 0 saturated heterocycles. The first kappa shape index (κ1) is 8.34. The van der Waals surface area contributed by atoms with Gasteiger partial charge >= 0.3 is 0 Å². The van der Waals surface area contributed by atoms with Crippen LogP contribution in [-0.2, 0) is 0 Å². The van der Waals surface area contributed by atoms with Crippen LogP contribution >= 0.6 is 0 Å². The standard InChI is InChI=1S/C7H10F2/c1-4-6(5-2)7(3,8)9/h4-5H,1H2,2-3H3/b6-5+. The molecule has 0 fully saturated rings. The topological polar surface area (TPSA) is 0 Å². The van der Waals surface area contributed by atoms with Gasteiger partial charge in [-0.1, -0.05) is 18.7 Å². The number of hydrogen-bond acceptors (Lipinski definition) is 0. The molecule has 0 aromatic heterocycles. The Kier molecular flexibility index (Phi) is 2.56. The number of halogens is 2. The van der Waals surface area contributed by atoms with Crippen LogP contribution in [0, 0.1) is 0 Å². The molecule has 0 aromatic carbocycles. The third-order valence-corrected chi connectivity index (χ3v) is 1.04. The molecule has 0 bridgehead atoms. The van der Waals surface area contributed by atoms with Crippen molar-refractivity contribution < 1.29 is 8.78 Å². The van der Waals surface area contributed by atoms with E-state index in [0.29, 0.717) is 0 Å². The molecule has 0 aliphatic heterocycles. The van der Waals surface area contributed by atoms with Gasteiger partial charge in [-0.15, -0.1) is 0 Å². The Hall–Kier alpha value is -0.660. The van der Waals surface area contributed by atoms with Crippen LogP contribution in [-0.4, -0.2) is 5.92 Å². The molecule has 0 unspecified atom stereocenters. The second-order valence-electron chi connectivity index (χ2n) is 1.84. The minimum Gasteiger partial charge on any atom is -0.202 e. The Morgan fingerprint density at radius 1 is 1.56 bits per heavy atom. The lowest BCUT2D eigenvalue weighted by molar-refractivity contribution is 0.0674. The first-order valence-electron chi connectivity index (χ1n) is 2.69. The summed E-state index contributed by atoms with van der Waals surface area (Å²) in [5, 5.41) is 0. The summed E-state index contributed by atoms with van der Waals surface area (Å²) in [4.78, 5) is 0. The molecule has 9 heavy (non-hydrogen) atoms. The van der Waals surface area contributed by atoms with Gasteiger partial charge in [0.1, 0.15) is 0 Å². The van der Waals surface area contributed by atoms with E-state index in [2.05, 4.69) is 6.58 Å². The van der Waals surface area contributed by atoms with Gasteiger partial charge in [-0.3, -0.25) is 0 Å². The van der Waals surface area contributed by atoms with Crippen molar-refractivity contribution in [2.24, 2.45) is 0 Å². The Morgan fingerprint density at radius 2 is 2.00 bits per heavy atom. The normalized spacial score (nSPS) is 13.6. The molecule has 0 radical (unpaired) electrons. The Labute approximate surface area is 53.9 Å². The average Bonchev–Trinajstić information content (AvgIpc) is 1.65. The summed E-state index contributed by atoms with van der Waals surface area (Å²) in [6.07, 6.45) is 2.52. The zero-order valence-electron chi connectivity index (χ0n) is 5.62. The average molecular weight is 132 g/mol. The van der Waals surface area contributed by atoms with Crippen LogP contribution in [0.3, 0.4) is 0 Å². The summed E-state index contributed by atoms with van der Waals surface area (Å²) >= 11 is 0. The van der Waals surface area contributed by atoms with Gasteiger partial charge in [-0.2, -0.15) is 0 Å². The largest absolute Gasteiger partial charge is 0.270 e. The summed E-state index contributed by atoms with van der Waals surface area (Å²) in [6, 6.07) is 0. The molecular weight excluding hydrogens is 122 g/mol. The van der Waals surface area contributed by atoms with Gasteiger partial charge in [0.2, 0.25) is 0 Å². The lowest BCUT2D eigenvalue weighted by Gasteiger charge is -2.09. The molecule has 0 heterocycles. The Balaban J connectivity index is 4.32. The maximum atomic E-state index is 12.2. The maximum Gasteiger partial charge on any atom is 0.270 e. The smallest absolute Gasteiger partial charge is 0.202 e. The Morgan fingerprint density at radius 3 is 2.00 bits per heavy atom. The fourth-order valence-corrected chi connectivity index (χ4v) is 0.551. The van der Waals surface area contributed by atoms with Crippen molar-refractivity contribution in [2.45, 2.75) is 19.8 Å². The second kappa shape index (κ2) is 2.76. The van der Waals surface area contributed by atoms with Crippen molar-refractivity contribution in [1.29, 1.82) is 0 Å². The highest BCUT2D eigenvalue weighted by Gasteiger charge is 2.23. The molecule has 2 heteroatoms. The van der Waals surface area contributed by atoms with Gasteiger partial charge in [-0.05, 0) is 6.92 Å². The molecule has 0 aliphatic rings. The van der Waals surface area contributed by atoms with E-state index in [9.17, 15) is 8.78 Å². The molecule has 0 N–H and O–H groups in total. The molecule has 0 aliphatic carbocycles. The monoisotopic (exact) mass is 132 g/mol. The van der Waals surface area contributed by atoms with E-state index in [4.69, 9.17) is 0 Å². The molecule has 0 rings (SSSR count). The van der Waals surface area contributed by atoms with Crippen LogP contribution in [0.2, 0.25) is 0 Å². The molecular formula is C7H10F2. The van der Waals surface area contributed by atoms with Crippen molar-refractivity contribution in [2.75, 3.05) is 0 Å². The van der Waals surface area contributed by atoms with E-state index in [1.165, 1.54) is 12.2 Å². The summed E-state index contributed by atoms with van der Waals surface area (Å²) in [5.41, 5.74) is -0.0255.